The molecule has 0 aromatic heterocycles. The van der Waals surface area contributed by atoms with E-state index in [1.54, 1.807) is 6.07 Å². The second kappa shape index (κ2) is 4.45. The first-order chi connectivity index (χ1) is 7.63. The van der Waals surface area contributed by atoms with E-state index in [-0.39, 0.29) is 17.6 Å². The molecule has 0 spiro atoms. The maximum absolute atomic E-state index is 11.6. The van der Waals surface area contributed by atoms with Gasteiger partial charge in [-0.3, -0.25) is 4.79 Å². The third kappa shape index (κ3) is 1.94. The molecule has 0 heterocycles. The lowest BCUT2D eigenvalue weighted by Crippen LogP contribution is -2.19. The molecule has 0 amide bonds. The normalized spacial score (nSPS) is 19.0. The second-order valence-corrected chi connectivity index (χ2v) is 4.88. The molecule has 0 fully saturated rings. The minimum atomic E-state index is -0.239. The Kier molecular flexibility index (Phi) is 3.19. The number of phenols is 1. The van der Waals surface area contributed by atoms with Crippen LogP contribution >= 0.6 is 15.9 Å². The second-order valence-electron chi connectivity index (χ2n) is 3.96. The van der Waals surface area contributed by atoms with Gasteiger partial charge in [0.25, 0.3) is 0 Å². The SMILES string of the molecule is COC(=O)C1CCCc2c(O)cc(Br)cc21. The van der Waals surface area contributed by atoms with E-state index in [0.717, 1.165) is 34.9 Å². The highest BCUT2D eigenvalue weighted by Gasteiger charge is 2.29. The maximum Gasteiger partial charge on any atom is 0.313 e. The number of fused-ring (bicyclic) bond motifs is 1. The average Bonchev–Trinajstić information content (AvgIpc) is 2.27. The third-order valence-electron chi connectivity index (χ3n) is 3.01. The highest BCUT2D eigenvalue weighted by Crippen LogP contribution is 2.38. The average molecular weight is 285 g/mol. The summed E-state index contributed by atoms with van der Waals surface area (Å²) in [6.45, 7) is 0. The Morgan fingerprint density at radius 3 is 3.00 bits per heavy atom. The van der Waals surface area contributed by atoms with Crippen LogP contribution in [0.5, 0.6) is 5.75 Å². The number of aromatic hydroxyl groups is 1. The number of halogens is 1. The summed E-state index contributed by atoms with van der Waals surface area (Å²) in [5.74, 6) is -0.200. The van der Waals surface area contributed by atoms with Gasteiger partial charge in [0.2, 0.25) is 0 Å². The third-order valence-corrected chi connectivity index (χ3v) is 3.46. The number of benzene rings is 1. The fraction of sp³-hybridized carbons (Fsp3) is 0.417. The molecule has 1 aromatic rings. The summed E-state index contributed by atoms with van der Waals surface area (Å²) in [6, 6.07) is 3.56. The Hall–Kier alpha value is -1.03. The summed E-state index contributed by atoms with van der Waals surface area (Å²) in [7, 11) is 1.40. The summed E-state index contributed by atoms with van der Waals surface area (Å²) in [5, 5.41) is 9.83. The van der Waals surface area contributed by atoms with E-state index in [0.29, 0.717) is 0 Å². The minimum Gasteiger partial charge on any atom is -0.508 e. The summed E-state index contributed by atoms with van der Waals surface area (Å²) in [6.07, 6.45) is 2.51. The number of rotatable bonds is 1. The van der Waals surface area contributed by atoms with Gasteiger partial charge < -0.3 is 9.84 Å². The first-order valence-electron chi connectivity index (χ1n) is 5.22. The van der Waals surface area contributed by atoms with Crippen LogP contribution in [0, 0.1) is 0 Å². The molecular formula is C12H13BrO3. The van der Waals surface area contributed by atoms with Gasteiger partial charge in [0.05, 0.1) is 13.0 Å². The topological polar surface area (TPSA) is 46.5 Å². The first kappa shape index (κ1) is 11.5. The summed E-state index contributed by atoms with van der Waals surface area (Å²) >= 11 is 3.33. The van der Waals surface area contributed by atoms with Crippen LogP contribution in [0.3, 0.4) is 0 Å². The Labute approximate surface area is 103 Å². The number of carbonyl (C=O) groups is 1. The van der Waals surface area contributed by atoms with Crippen molar-refractivity contribution in [2.75, 3.05) is 7.11 Å². The van der Waals surface area contributed by atoms with Gasteiger partial charge in [0.1, 0.15) is 5.75 Å². The van der Waals surface area contributed by atoms with Crippen LogP contribution in [-0.2, 0) is 16.0 Å². The maximum atomic E-state index is 11.6. The zero-order chi connectivity index (χ0) is 11.7. The predicted octanol–water partition coefficient (Wildman–Crippen LogP) is 2.75. The lowest BCUT2D eigenvalue weighted by atomic mass is 9.82. The summed E-state index contributed by atoms with van der Waals surface area (Å²) < 4.78 is 5.58. The van der Waals surface area contributed by atoms with E-state index in [9.17, 15) is 9.90 Å². The van der Waals surface area contributed by atoms with Crippen LogP contribution in [0.1, 0.15) is 29.9 Å². The zero-order valence-corrected chi connectivity index (χ0v) is 10.6. The predicted molar refractivity (Wildman–Crippen MR) is 63.5 cm³/mol. The van der Waals surface area contributed by atoms with E-state index in [1.807, 2.05) is 6.07 Å². The van der Waals surface area contributed by atoms with Crippen molar-refractivity contribution in [1.29, 1.82) is 0 Å². The van der Waals surface area contributed by atoms with Gasteiger partial charge in [-0.2, -0.15) is 0 Å². The monoisotopic (exact) mass is 284 g/mol. The number of phenolic OH excluding ortho intramolecular Hbond substituents is 1. The van der Waals surface area contributed by atoms with Gasteiger partial charge in [0, 0.05) is 4.47 Å². The van der Waals surface area contributed by atoms with E-state index in [2.05, 4.69) is 15.9 Å². The molecule has 1 aliphatic rings. The van der Waals surface area contributed by atoms with Crippen molar-refractivity contribution in [3.63, 3.8) is 0 Å². The van der Waals surface area contributed by atoms with Crippen LogP contribution in [0.15, 0.2) is 16.6 Å². The highest BCUT2D eigenvalue weighted by atomic mass is 79.9. The minimum absolute atomic E-state index is 0.224. The first-order valence-corrected chi connectivity index (χ1v) is 6.02. The molecule has 3 nitrogen and oxygen atoms in total. The molecule has 1 aliphatic carbocycles. The van der Waals surface area contributed by atoms with Gasteiger partial charge in [-0.25, -0.2) is 0 Å². The molecule has 4 heteroatoms. The number of carbonyl (C=O) groups excluding carboxylic acids is 1. The molecular weight excluding hydrogens is 272 g/mol. The van der Waals surface area contributed by atoms with Crippen LogP contribution in [0.4, 0.5) is 0 Å². The molecule has 0 aliphatic heterocycles. The van der Waals surface area contributed by atoms with E-state index in [1.165, 1.54) is 7.11 Å². The van der Waals surface area contributed by atoms with Gasteiger partial charge in [-0.1, -0.05) is 15.9 Å². The number of methoxy groups -OCH3 is 1. The van der Waals surface area contributed by atoms with E-state index in [4.69, 9.17) is 4.74 Å². The van der Waals surface area contributed by atoms with Gasteiger partial charge in [-0.05, 0) is 42.5 Å². The largest absolute Gasteiger partial charge is 0.508 e. The lowest BCUT2D eigenvalue weighted by molar-refractivity contribution is -0.142. The van der Waals surface area contributed by atoms with Crippen molar-refractivity contribution >= 4 is 21.9 Å². The molecule has 86 valence electrons. The van der Waals surface area contributed by atoms with Gasteiger partial charge in [-0.15, -0.1) is 0 Å². The van der Waals surface area contributed by atoms with Crippen molar-refractivity contribution in [3.8, 4) is 5.75 Å². The fourth-order valence-corrected chi connectivity index (χ4v) is 2.72. The van der Waals surface area contributed by atoms with Crippen molar-refractivity contribution in [3.05, 3.63) is 27.7 Å². The standard InChI is InChI=1S/C12H13BrO3/c1-16-12(15)9-4-2-3-8-10(9)5-7(13)6-11(8)14/h5-6,9,14H,2-4H2,1H3. The highest BCUT2D eigenvalue weighted by molar-refractivity contribution is 9.10. The number of ether oxygens (including phenoxy) is 1. The smallest absolute Gasteiger partial charge is 0.313 e. The van der Waals surface area contributed by atoms with Crippen molar-refractivity contribution < 1.29 is 14.6 Å². The Morgan fingerprint density at radius 1 is 1.56 bits per heavy atom. The molecule has 2 rings (SSSR count). The van der Waals surface area contributed by atoms with Gasteiger partial charge >= 0.3 is 5.97 Å². The van der Waals surface area contributed by atoms with Crippen LogP contribution < -0.4 is 0 Å². The fourth-order valence-electron chi connectivity index (χ4n) is 2.25. The Balaban J connectivity index is 2.49. The molecule has 1 atom stereocenters. The molecule has 0 saturated carbocycles. The Bertz CT molecular complexity index is 429. The van der Waals surface area contributed by atoms with Crippen molar-refractivity contribution in [2.45, 2.75) is 25.2 Å². The summed E-state index contributed by atoms with van der Waals surface area (Å²) in [5.41, 5.74) is 1.77. The summed E-state index contributed by atoms with van der Waals surface area (Å²) in [4.78, 5) is 11.6. The number of esters is 1. The van der Waals surface area contributed by atoms with Gasteiger partial charge in [0.15, 0.2) is 0 Å². The molecule has 0 radical (unpaired) electrons. The molecule has 0 bridgehead atoms. The quantitative estimate of drug-likeness (QED) is 0.807. The van der Waals surface area contributed by atoms with Crippen LogP contribution in [-0.4, -0.2) is 18.2 Å². The lowest BCUT2D eigenvalue weighted by Gasteiger charge is -2.24. The molecule has 0 saturated heterocycles. The van der Waals surface area contributed by atoms with Crippen LogP contribution in [0.2, 0.25) is 0 Å². The molecule has 1 aromatic carbocycles. The molecule has 16 heavy (non-hydrogen) atoms. The van der Waals surface area contributed by atoms with Crippen LogP contribution in [0.25, 0.3) is 0 Å². The Morgan fingerprint density at radius 2 is 2.31 bits per heavy atom. The van der Waals surface area contributed by atoms with E-state index < -0.39 is 0 Å². The number of hydrogen-bond donors (Lipinski definition) is 1. The molecule has 1 N–H and O–H groups in total. The zero-order valence-electron chi connectivity index (χ0n) is 9.00. The molecule has 1 unspecified atom stereocenters. The van der Waals surface area contributed by atoms with Crippen molar-refractivity contribution in [1.82, 2.24) is 0 Å². The van der Waals surface area contributed by atoms with Crippen molar-refractivity contribution in [2.24, 2.45) is 0 Å². The number of hydrogen-bond acceptors (Lipinski definition) is 3. The van der Waals surface area contributed by atoms with E-state index >= 15 is 0 Å².